The Bertz CT molecular complexity index is 632. The number of ether oxygens (including phenoxy) is 1. The van der Waals surface area contributed by atoms with E-state index in [9.17, 15) is 9.59 Å². The molecule has 0 saturated carbocycles. The lowest BCUT2D eigenvalue weighted by Gasteiger charge is -2.16. The maximum Gasteiger partial charge on any atom is 0.377 e. The molecule has 0 aliphatic carbocycles. The fraction of sp³-hybridized carbons (Fsp3) is 0.333. The van der Waals surface area contributed by atoms with Gasteiger partial charge in [-0.1, -0.05) is 18.2 Å². The highest BCUT2D eigenvalue weighted by molar-refractivity contribution is 5.89. The number of hydrogen-bond donors (Lipinski definition) is 5. The van der Waals surface area contributed by atoms with Crippen molar-refractivity contribution in [2.75, 3.05) is 18.2 Å². The first-order valence-electron chi connectivity index (χ1n) is 7.18. The van der Waals surface area contributed by atoms with E-state index in [1.807, 2.05) is 35.3 Å². The molecule has 9 heteroatoms. The summed E-state index contributed by atoms with van der Waals surface area (Å²) in [5.74, 6) is -2.68. The van der Waals surface area contributed by atoms with E-state index in [0.717, 1.165) is 12.2 Å². The normalized spacial score (nSPS) is 21.1. The molecule has 0 unspecified atom stereocenters. The molecule has 1 fully saturated rings. The number of carbonyl (C=O) groups excluding carboxylic acids is 2. The molecule has 1 amide bonds. The van der Waals surface area contributed by atoms with Crippen LogP contribution in [0.25, 0.3) is 0 Å². The van der Waals surface area contributed by atoms with Crippen LogP contribution < -0.4 is 10.4 Å². The number of rotatable bonds is 3. The lowest BCUT2D eigenvalue weighted by molar-refractivity contribution is -0.147. The predicted octanol–water partition coefficient (Wildman–Crippen LogP) is -0.479. The first kappa shape index (κ1) is 17.6. The second kappa shape index (κ2) is 7.66. The zero-order valence-corrected chi connectivity index (χ0v) is 12.6. The highest BCUT2D eigenvalue weighted by Gasteiger charge is 2.38. The first-order chi connectivity index (χ1) is 11.4. The Balaban J connectivity index is 0.000000174. The Morgan fingerprint density at radius 3 is 2.38 bits per heavy atom. The first-order valence-corrected chi connectivity index (χ1v) is 7.18. The van der Waals surface area contributed by atoms with Gasteiger partial charge in [0.05, 0.1) is 12.3 Å². The van der Waals surface area contributed by atoms with Gasteiger partial charge in [0, 0.05) is 13.0 Å². The summed E-state index contributed by atoms with van der Waals surface area (Å²) in [7, 11) is 0. The van der Waals surface area contributed by atoms with E-state index in [-0.39, 0.29) is 5.91 Å². The summed E-state index contributed by atoms with van der Waals surface area (Å²) in [5, 5.41) is 36.9. The van der Waals surface area contributed by atoms with E-state index in [1.54, 1.807) is 0 Å². The number of anilines is 1. The van der Waals surface area contributed by atoms with Crippen molar-refractivity contribution in [1.29, 1.82) is 0 Å². The number of esters is 1. The van der Waals surface area contributed by atoms with Crippen molar-refractivity contribution in [3.8, 4) is 0 Å². The summed E-state index contributed by atoms with van der Waals surface area (Å²) in [4.78, 5) is 21.4. The summed E-state index contributed by atoms with van der Waals surface area (Å²) in [6.07, 6.45) is -2.18. The van der Waals surface area contributed by atoms with Gasteiger partial charge in [-0.05, 0) is 12.1 Å². The Hall–Kier alpha value is -2.78. The lowest BCUT2D eigenvalue weighted by Crippen LogP contribution is -2.32. The van der Waals surface area contributed by atoms with E-state index in [0.29, 0.717) is 6.42 Å². The highest BCUT2D eigenvalue weighted by atomic mass is 16.6. The molecular weight excluding hydrogens is 320 g/mol. The van der Waals surface area contributed by atoms with Gasteiger partial charge in [0.25, 0.3) is 0 Å². The number of aliphatic hydroxyl groups is 4. The quantitative estimate of drug-likeness (QED) is 0.466. The minimum Gasteiger partial charge on any atom is -0.505 e. The van der Waals surface area contributed by atoms with E-state index >= 15 is 0 Å². The van der Waals surface area contributed by atoms with Crippen LogP contribution in [0.5, 0.6) is 0 Å². The zero-order chi connectivity index (χ0) is 17.7. The number of nitrogens with one attached hydrogen (secondary N) is 1. The third-order valence-electron chi connectivity index (χ3n) is 3.37. The van der Waals surface area contributed by atoms with E-state index in [1.165, 1.54) is 0 Å². The zero-order valence-electron chi connectivity index (χ0n) is 12.6. The van der Waals surface area contributed by atoms with Gasteiger partial charge in [-0.3, -0.25) is 15.2 Å². The standard InChI is InChI=1S/C9H10N2O.C6H8O6/c12-9-6-7-11(10-9)8-4-2-1-3-5-8;7-1-2(8)5-3(9)4(10)6(11)12-5/h1-5H,6-7H2,(H,10,12);2,5,7-10H,1H2/t;2-,5+/m.0/s1. The molecule has 0 spiro atoms. The van der Waals surface area contributed by atoms with Crippen molar-refractivity contribution in [2.24, 2.45) is 0 Å². The Morgan fingerprint density at radius 2 is 1.92 bits per heavy atom. The van der Waals surface area contributed by atoms with Crippen molar-refractivity contribution < 1.29 is 34.8 Å². The number of nitrogens with zero attached hydrogens (tertiary/aromatic N) is 1. The minimum atomic E-state index is -1.42. The molecule has 1 aromatic carbocycles. The molecular formula is C15H18N2O7. The van der Waals surface area contributed by atoms with Gasteiger partial charge >= 0.3 is 5.97 Å². The number of hydrazine groups is 1. The molecule has 1 saturated heterocycles. The molecule has 130 valence electrons. The SMILES string of the molecule is O=C1CCN(c2ccccc2)N1.O=C1O[C@H]([C@@H](O)CO)C(O)=C1O. The van der Waals surface area contributed by atoms with Crippen LogP contribution in [0.15, 0.2) is 41.9 Å². The van der Waals surface area contributed by atoms with E-state index in [2.05, 4.69) is 10.2 Å². The molecule has 2 aliphatic heterocycles. The minimum absolute atomic E-state index is 0.0962. The highest BCUT2D eigenvalue weighted by Crippen LogP contribution is 2.20. The van der Waals surface area contributed by atoms with Crippen LogP contribution in [0.3, 0.4) is 0 Å². The number of carbonyl (C=O) groups is 2. The van der Waals surface area contributed by atoms with Crippen LogP contribution in [0, 0.1) is 0 Å². The fourth-order valence-corrected chi connectivity index (χ4v) is 2.10. The molecule has 1 aromatic rings. The van der Waals surface area contributed by atoms with Gasteiger partial charge in [0.15, 0.2) is 11.9 Å². The Morgan fingerprint density at radius 1 is 1.25 bits per heavy atom. The van der Waals surface area contributed by atoms with E-state index in [4.69, 9.17) is 20.4 Å². The molecule has 3 rings (SSSR count). The number of cyclic esters (lactones) is 1. The maximum absolute atomic E-state index is 10.9. The summed E-state index contributed by atoms with van der Waals surface area (Å²) < 4.78 is 4.32. The van der Waals surface area contributed by atoms with Crippen molar-refractivity contribution in [2.45, 2.75) is 18.6 Å². The maximum atomic E-state index is 10.9. The number of aliphatic hydroxyl groups excluding tert-OH is 4. The van der Waals surface area contributed by atoms with Crippen LogP contribution in [-0.2, 0) is 14.3 Å². The lowest BCUT2D eigenvalue weighted by atomic mass is 10.2. The molecule has 9 nitrogen and oxygen atoms in total. The summed E-state index contributed by atoms with van der Waals surface area (Å²) in [5.41, 5.74) is 3.81. The Labute approximate surface area is 137 Å². The topological polar surface area (TPSA) is 140 Å². The number of para-hydroxylation sites is 1. The van der Waals surface area contributed by atoms with Crippen LogP contribution in [0.2, 0.25) is 0 Å². The van der Waals surface area contributed by atoms with Gasteiger partial charge in [-0.2, -0.15) is 0 Å². The average Bonchev–Trinajstić information content (AvgIpc) is 3.15. The molecule has 5 N–H and O–H groups in total. The molecule has 0 aromatic heterocycles. The van der Waals surface area contributed by atoms with Crippen LogP contribution >= 0.6 is 0 Å². The summed E-state index contributed by atoms with van der Waals surface area (Å²) in [6.45, 7) is 0.0954. The number of hydrogen-bond acceptors (Lipinski definition) is 8. The monoisotopic (exact) mass is 338 g/mol. The van der Waals surface area contributed by atoms with Gasteiger partial charge in [0.1, 0.15) is 6.10 Å². The molecule has 0 bridgehead atoms. The van der Waals surface area contributed by atoms with Gasteiger partial charge in [0.2, 0.25) is 11.7 Å². The molecule has 2 aliphatic rings. The van der Waals surface area contributed by atoms with Crippen LogP contribution in [0.4, 0.5) is 5.69 Å². The molecule has 24 heavy (non-hydrogen) atoms. The Kier molecular flexibility index (Phi) is 5.61. The second-order valence-corrected chi connectivity index (χ2v) is 5.08. The predicted molar refractivity (Wildman–Crippen MR) is 81.8 cm³/mol. The average molecular weight is 338 g/mol. The molecule has 2 heterocycles. The summed E-state index contributed by atoms with van der Waals surface area (Å²) >= 11 is 0. The fourth-order valence-electron chi connectivity index (χ4n) is 2.10. The van der Waals surface area contributed by atoms with Crippen LogP contribution in [-0.4, -0.2) is 57.7 Å². The third-order valence-corrected chi connectivity index (χ3v) is 3.37. The number of amides is 1. The van der Waals surface area contributed by atoms with Crippen molar-refractivity contribution >= 4 is 17.6 Å². The number of benzene rings is 1. The summed E-state index contributed by atoms with van der Waals surface area (Å²) in [6, 6.07) is 9.83. The van der Waals surface area contributed by atoms with E-state index < -0.39 is 36.3 Å². The smallest absolute Gasteiger partial charge is 0.377 e. The van der Waals surface area contributed by atoms with Crippen molar-refractivity contribution in [3.05, 3.63) is 41.9 Å². The van der Waals surface area contributed by atoms with Gasteiger partial charge in [-0.25, -0.2) is 4.79 Å². The van der Waals surface area contributed by atoms with Crippen molar-refractivity contribution in [3.63, 3.8) is 0 Å². The van der Waals surface area contributed by atoms with Gasteiger partial charge in [-0.15, -0.1) is 0 Å². The second-order valence-electron chi connectivity index (χ2n) is 5.08. The van der Waals surface area contributed by atoms with Gasteiger partial charge < -0.3 is 25.2 Å². The molecule has 0 radical (unpaired) electrons. The largest absolute Gasteiger partial charge is 0.505 e. The van der Waals surface area contributed by atoms with Crippen LogP contribution in [0.1, 0.15) is 6.42 Å². The third kappa shape index (κ3) is 3.94. The molecule has 2 atom stereocenters. The van der Waals surface area contributed by atoms with Crippen molar-refractivity contribution in [1.82, 2.24) is 5.43 Å².